The predicted octanol–water partition coefficient (Wildman–Crippen LogP) is 1.05. The van der Waals surface area contributed by atoms with Crippen molar-refractivity contribution in [2.75, 3.05) is 0 Å². The van der Waals surface area contributed by atoms with Gasteiger partial charge in [0.25, 0.3) is 0 Å². The summed E-state index contributed by atoms with van der Waals surface area (Å²) < 4.78 is 0. The van der Waals surface area contributed by atoms with Gasteiger partial charge < -0.3 is 0 Å². The van der Waals surface area contributed by atoms with E-state index >= 15 is 0 Å². The molecular formula is C6H8As. The van der Waals surface area contributed by atoms with Crippen molar-refractivity contribution in [3.8, 4) is 0 Å². The van der Waals surface area contributed by atoms with Crippen molar-refractivity contribution in [2.24, 2.45) is 0 Å². The van der Waals surface area contributed by atoms with E-state index in [1.54, 1.807) is 0 Å². The first-order chi connectivity index (χ1) is 3.30. The van der Waals surface area contributed by atoms with Gasteiger partial charge in [-0.15, -0.1) is 0 Å². The molecule has 7 heavy (non-hydrogen) atoms. The second kappa shape index (κ2) is 1.88. The Morgan fingerprint density at radius 3 is 2.43 bits per heavy atom. The van der Waals surface area contributed by atoms with Crippen LogP contribution in [0.4, 0.5) is 0 Å². The third-order valence-corrected chi connectivity index (χ3v) is 3.44. The Kier molecular flexibility index (Phi) is 1.39. The van der Waals surface area contributed by atoms with E-state index in [1.807, 2.05) is 0 Å². The summed E-state index contributed by atoms with van der Waals surface area (Å²) in [4.78, 5) is 5.63. The molecule has 1 unspecified atom stereocenters. The van der Waals surface area contributed by atoms with Crippen molar-refractivity contribution >= 4 is 15.8 Å². The van der Waals surface area contributed by atoms with Crippen LogP contribution in [0, 0.1) is 4.86 Å². The van der Waals surface area contributed by atoms with Crippen LogP contribution in [-0.4, -0.2) is 15.8 Å². The van der Waals surface area contributed by atoms with E-state index in [9.17, 15) is 0 Å². The molecule has 1 heterocycles. The van der Waals surface area contributed by atoms with E-state index in [1.165, 1.54) is 11.1 Å². The first-order valence-corrected chi connectivity index (χ1v) is 4.59. The second-order valence-corrected chi connectivity index (χ2v) is 3.46. The molecule has 0 aromatic rings. The van der Waals surface area contributed by atoms with Crippen molar-refractivity contribution in [3.63, 3.8) is 0 Å². The zero-order chi connectivity index (χ0) is 5.28. The Morgan fingerprint density at radius 1 is 1.57 bits per heavy atom. The summed E-state index contributed by atoms with van der Waals surface area (Å²) in [5, 5.41) is 0. The standard InChI is InChI=1S/C6H8As/c1-5-3-7-4-6(5)2/h3,7H,1-2H3. The maximum absolute atomic E-state index is 3.32. The molecule has 0 bridgehead atoms. The summed E-state index contributed by atoms with van der Waals surface area (Å²) in [7, 11) is 0. The third-order valence-electron chi connectivity index (χ3n) is 1.14. The monoisotopic (exact) mass is 155 g/mol. The summed E-state index contributed by atoms with van der Waals surface area (Å²) in [6.07, 6.45) is 0. The normalized spacial score (nSPS) is 19.1. The summed E-state index contributed by atoms with van der Waals surface area (Å²) in [6, 6.07) is 0. The van der Waals surface area contributed by atoms with Crippen LogP contribution in [0.15, 0.2) is 16.0 Å². The van der Waals surface area contributed by atoms with E-state index < -0.39 is 0 Å². The fourth-order valence-corrected chi connectivity index (χ4v) is 2.39. The van der Waals surface area contributed by atoms with E-state index in [4.69, 9.17) is 0 Å². The number of rotatable bonds is 0. The molecule has 0 saturated heterocycles. The molecule has 0 saturated carbocycles. The summed E-state index contributed by atoms with van der Waals surface area (Å²) >= 11 is 0.102. The zero-order valence-electron chi connectivity index (χ0n) is 4.58. The molecule has 1 atom stereocenters. The van der Waals surface area contributed by atoms with Gasteiger partial charge in [0.2, 0.25) is 0 Å². The molecule has 0 N–H and O–H groups in total. The predicted molar refractivity (Wildman–Crippen MR) is 33.3 cm³/mol. The first-order valence-electron chi connectivity index (χ1n) is 2.33. The Balaban J connectivity index is 2.78. The van der Waals surface area contributed by atoms with E-state index in [0.29, 0.717) is 0 Å². The van der Waals surface area contributed by atoms with Gasteiger partial charge in [-0.05, 0) is 0 Å². The minimum atomic E-state index is 0.102. The molecule has 0 amide bonds. The molecule has 0 aliphatic carbocycles. The van der Waals surface area contributed by atoms with Gasteiger partial charge in [0, 0.05) is 0 Å². The van der Waals surface area contributed by atoms with Crippen LogP contribution in [0.5, 0.6) is 0 Å². The van der Waals surface area contributed by atoms with E-state index in [0.717, 1.165) is 0 Å². The summed E-state index contributed by atoms with van der Waals surface area (Å²) in [5.74, 6) is 0. The Labute approximate surface area is 51.0 Å². The van der Waals surface area contributed by atoms with Gasteiger partial charge >= 0.3 is 50.5 Å². The van der Waals surface area contributed by atoms with Gasteiger partial charge in [0.1, 0.15) is 0 Å². The molecule has 0 fully saturated rings. The quantitative estimate of drug-likeness (QED) is 0.458. The zero-order valence-corrected chi connectivity index (χ0v) is 6.68. The molecule has 1 radical (unpaired) electrons. The van der Waals surface area contributed by atoms with Gasteiger partial charge in [-0.1, -0.05) is 0 Å². The number of allylic oxidation sites excluding steroid dienone is 2. The molecule has 1 aliphatic rings. The molecule has 1 rings (SSSR count). The van der Waals surface area contributed by atoms with Crippen molar-refractivity contribution in [2.45, 2.75) is 13.8 Å². The molecule has 1 aliphatic heterocycles. The molecule has 1 heteroatoms. The third kappa shape index (κ3) is 0.977. The Morgan fingerprint density at radius 2 is 2.29 bits per heavy atom. The first kappa shape index (κ1) is 5.18. The van der Waals surface area contributed by atoms with Crippen molar-refractivity contribution < 1.29 is 0 Å². The molecule has 0 nitrogen and oxygen atoms in total. The van der Waals surface area contributed by atoms with Gasteiger partial charge in [-0.2, -0.15) is 0 Å². The van der Waals surface area contributed by atoms with E-state index in [2.05, 4.69) is 23.6 Å². The van der Waals surface area contributed by atoms with Crippen molar-refractivity contribution in [1.82, 2.24) is 0 Å². The fraction of sp³-hybridized carbons (Fsp3) is 0.333. The van der Waals surface area contributed by atoms with Gasteiger partial charge in [0.15, 0.2) is 0 Å². The van der Waals surface area contributed by atoms with Gasteiger partial charge in [-0.25, -0.2) is 0 Å². The minimum absolute atomic E-state index is 0.102. The average Bonchev–Trinajstić information content (AvgIpc) is 1.91. The SMILES string of the molecule is CC1=[C][AsH]C=C1C. The van der Waals surface area contributed by atoms with Crippen LogP contribution in [0.25, 0.3) is 0 Å². The van der Waals surface area contributed by atoms with Crippen LogP contribution >= 0.6 is 0 Å². The Hall–Kier alpha value is 0.0384. The summed E-state index contributed by atoms with van der Waals surface area (Å²) in [5.41, 5.74) is 2.82. The topological polar surface area (TPSA) is 0 Å². The maximum atomic E-state index is 3.32. The van der Waals surface area contributed by atoms with Crippen LogP contribution in [-0.2, 0) is 0 Å². The molecular weight excluding hydrogens is 147 g/mol. The molecule has 0 aromatic heterocycles. The molecule has 0 aromatic carbocycles. The summed E-state index contributed by atoms with van der Waals surface area (Å²) in [6.45, 7) is 4.28. The van der Waals surface area contributed by atoms with Crippen LogP contribution in [0.1, 0.15) is 13.8 Å². The molecule has 0 spiro atoms. The van der Waals surface area contributed by atoms with Crippen molar-refractivity contribution in [1.29, 1.82) is 0 Å². The fourth-order valence-electron chi connectivity index (χ4n) is 0.459. The van der Waals surface area contributed by atoms with Gasteiger partial charge in [0.05, 0.1) is 0 Å². The van der Waals surface area contributed by atoms with Crippen LogP contribution in [0.2, 0.25) is 0 Å². The van der Waals surface area contributed by atoms with Gasteiger partial charge in [-0.3, -0.25) is 0 Å². The average molecular weight is 155 g/mol. The Bertz CT molecular complexity index is 115. The number of hydrogen-bond acceptors (Lipinski definition) is 0. The van der Waals surface area contributed by atoms with Crippen molar-refractivity contribution in [3.05, 3.63) is 20.9 Å². The molecule has 37 valence electrons. The number of hydrogen-bond donors (Lipinski definition) is 0. The van der Waals surface area contributed by atoms with Crippen LogP contribution < -0.4 is 0 Å². The van der Waals surface area contributed by atoms with E-state index in [-0.39, 0.29) is 15.8 Å². The van der Waals surface area contributed by atoms with Crippen LogP contribution in [0.3, 0.4) is 0 Å². The second-order valence-electron chi connectivity index (χ2n) is 1.72.